The minimum Gasteiger partial charge on any atom is -0.493 e. The van der Waals surface area contributed by atoms with Crippen molar-refractivity contribution in [3.05, 3.63) is 82.7 Å². The van der Waals surface area contributed by atoms with Gasteiger partial charge in [0.25, 0.3) is 0 Å². The number of benzene rings is 3. The first-order valence-electron chi connectivity index (χ1n) is 11.0. The van der Waals surface area contributed by atoms with E-state index in [0.717, 1.165) is 34.6 Å². The highest BCUT2D eigenvalue weighted by molar-refractivity contribution is 5.92. The fraction of sp³-hybridized carbons (Fsp3) is 0.259. The number of hydrogen-bond donors (Lipinski definition) is 1. The van der Waals surface area contributed by atoms with Gasteiger partial charge in [-0.1, -0.05) is 23.8 Å². The summed E-state index contributed by atoms with van der Waals surface area (Å²) in [4.78, 5) is 16.2. The van der Waals surface area contributed by atoms with Crippen LogP contribution in [0.15, 0.2) is 54.6 Å². The third-order valence-electron chi connectivity index (χ3n) is 5.83. The average Bonchev–Trinajstić information content (AvgIpc) is 3.18. The third kappa shape index (κ3) is 4.83. The maximum absolute atomic E-state index is 11.5. The number of methoxy groups -OCH3 is 2. The van der Waals surface area contributed by atoms with Crippen molar-refractivity contribution in [1.82, 2.24) is 9.55 Å². The fourth-order valence-electron chi connectivity index (χ4n) is 4.05. The van der Waals surface area contributed by atoms with Crippen LogP contribution in [0.4, 0.5) is 0 Å². The molecular weight excluding hydrogens is 432 g/mol. The monoisotopic (exact) mass is 460 g/mol. The molecule has 4 aromatic rings. The van der Waals surface area contributed by atoms with Gasteiger partial charge in [-0.25, -0.2) is 9.78 Å². The second kappa shape index (κ2) is 9.87. The number of imidazole rings is 1. The molecule has 7 nitrogen and oxygen atoms in total. The van der Waals surface area contributed by atoms with Gasteiger partial charge in [0.2, 0.25) is 0 Å². The average molecular weight is 461 g/mol. The second-order valence-electron chi connectivity index (χ2n) is 8.19. The standard InChI is InChI=1S/C27H28N2O5/c1-17-5-9-23(18(2)13-17)34-16-26-28-21-15-20(27(30)31)7-8-22(21)29(26)12-11-19-6-10-24(32-3)25(14-19)33-4/h5-10,13-15H,11-12,16H2,1-4H3,(H,30,31). The van der Waals surface area contributed by atoms with Crippen LogP contribution >= 0.6 is 0 Å². The zero-order valence-corrected chi connectivity index (χ0v) is 19.8. The van der Waals surface area contributed by atoms with Crippen LogP contribution in [0.2, 0.25) is 0 Å². The molecule has 1 aromatic heterocycles. The summed E-state index contributed by atoms with van der Waals surface area (Å²) < 4.78 is 19.0. The van der Waals surface area contributed by atoms with Crippen molar-refractivity contribution >= 4 is 17.0 Å². The molecule has 0 aliphatic heterocycles. The fourth-order valence-corrected chi connectivity index (χ4v) is 4.05. The van der Waals surface area contributed by atoms with Crippen molar-refractivity contribution in [2.45, 2.75) is 33.4 Å². The molecule has 0 bridgehead atoms. The van der Waals surface area contributed by atoms with Gasteiger partial charge in [0.15, 0.2) is 11.5 Å². The molecule has 7 heteroatoms. The van der Waals surface area contributed by atoms with E-state index < -0.39 is 5.97 Å². The molecule has 0 amide bonds. The van der Waals surface area contributed by atoms with Gasteiger partial charge in [0.05, 0.1) is 30.8 Å². The molecule has 1 N–H and O–H groups in total. The van der Waals surface area contributed by atoms with E-state index in [9.17, 15) is 9.90 Å². The molecule has 0 saturated carbocycles. The molecule has 0 radical (unpaired) electrons. The Hall–Kier alpha value is -4.00. The smallest absolute Gasteiger partial charge is 0.335 e. The zero-order valence-electron chi connectivity index (χ0n) is 19.8. The van der Waals surface area contributed by atoms with E-state index in [1.807, 2.05) is 44.2 Å². The molecule has 176 valence electrons. The normalized spacial score (nSPS) is 10.9. The Kier molecular flexibility index (Phi) is 6.72. The molecule has 0 atom stereocenters. The van der Waals surface area contributed by atoms with Crippen LogP contribution in [0.5, 0.6) is 17.2 Å². The van der Waals surface area contributed by atoms with Gasteiger partial charge in [-0.3, -0.25) is 0 Å². The number of hydrogen-bond acceptors (Lipinski definition) is 5. The molecule has 0 unspecified atom stereocenters. The van der Waals surface area contributed by atoms with Gasteiger partial charge in [0, 0.05) is 6.54 Å². The molecule has 4 rings (SSSR count). The first-order valence-corrected chi connectivity index (χ1v) is 11.0. The lowest BCUT2D eigenvalue weighted by atomic mass is 10.1. The molecule has 3 aromatic carbocycles. The summed E-state index contributed by atoms with van der Waals surface area (Å²) in [5, 5.41) is 9.39. The number of carboxylic acids is 1. The van der Waals surface area contributed by atoms with Crippen LogP contribution in [0.25, 0.3) is 11.0 Å². The van der Waals surface area contributed by atoms with E-state index in [0.29, 0.717) is 23.6 Å². The Labute approximate surface area is 198 Å². The first kappa shape index (κ1) is 23.2. The zero-order chi connectivity index (χ0) is 24.2. The minimum absolute atomic E-state index is 0.207. The number of nitrogens with zero attached hydrogens (tertiary/aromatic N) is 2. The summed E-state index contributed by atoms with van der Waals surface area (Å²) in [6.45, 7) is 4.98. The quantitative estimate of drug-likeness (QED) is 0.370. The van der Waals surface area contributed by atoms with Gasteiger partial charge in [0.1, 0.15) is 18.2 Å². The van der Waals surface area contributed by atoms with Gasteiger partial charge in [-0.2, -0.15) is 0 Å². The maximum Gasteiger partial charge on any atom is 0.335 e. The summed E-state index contributed by atoms with van der Waals surface area (Å²) in [7, 11) is 3.23. The first-order chi connectivity index (χ1) is 16.4. The van der Waals surface area contributed by atoms with Gasteiger partial charge < -0.3 is 23.9 Å². The highest BCUT2D eigenvalue weighted by Crippen LogP contribution is 2.28. The van der Waals surface area contributed by atoms with Crippen molar-refractivity contribution < 1.29 is 24.1 Å². The SMILES string of the molecule is COc1ccc(CCn2c(COc3ccc(C)cc3C)nc3cc(C(=O)O)ccc32)cc1OC. The van der Waals surface area contributed by atoms with Gasteiger partial charge in [-0.05, 0) is 67.8 Å². The topological polar surface area (TPSA) is 82.8 Å². The van der Waals surface area contributed by atoms with Gasteiger partial charge in [-0.15, -0.1) is 0 Å². The molecule has 0 spiro atoms. The lowest BCUT2D eigenvalue weighted by Crippen LogP contribution is -2.10. The summed E-state index contributed by atoms with van der Waals surface area (Å²) >= 11 is 0. The Morgan fingerprint density at radius 2 is 1.71 bits per heavy atom. The lowest BCUT2D eigenvalue weighted by Gasteiger charge is -2.13. The highest BCUT2D eigenvalue weighted by Gasteiger charge is 2.15. The van der Waals surface area contributed by atoms with E-state index in [1.54, 1.807) is 32.4 Å². The highest BCUT2D eigenvalue weighted by atomic mass is 16.5. The number of ether oxygens (including phenoxy) is 3. The number of aryl methyl sites for hydroxylation is 4. The van der Waals surface area contributed by atoms with E-state index in [1.165, 1.54) is 5.56 Å². The number of carboxylic acid groups (broad SMARTS) is 1. The van der Waals surface area contributed by atoms with Crippen molar-refractivity contribution in [3.63, 3.8) is 0 Å². The van der Waals surface area contributed by atoms with E-state index in [4.69, 9.17) is 19.2 Å². The second-order valence-corrected chi connectivity index (χ2v) is 8.19. The number of carbonyl (C=O) groups is 1. The number of aromatic nitrogens is 2. The Balaban J connectivity index is 1.64. The third-order valence-corrected chi connectivity index (χ3v) is 5.83. The predicted octanol–water partition coefficient (Wildman–Crippen LogP) is 5.19. The van der Waals surface area contributed by atoms with Crippen LogP contribution in [0, 0.1) is 13.8 Å². The summed E-state index contributed by atoms with van der Waals surface area (Å²) in [5.41, 5.74) is 5.02. The van der Waals surface area contributed by atoms with E-state index in [-0.39, 0.29) is 12.2 Å². The lowest BCUT2D eigenvalue weighted by molar-refractivity contribution is 0.0697. The van der Waals surface area contributed by atoms with Crippen molar-refractivity contribution in [1.29, 1.82) is 0 Å². The number of aromatic carboxylic acids is 1. The van der Waals surface area contributed by atoms with Gasteiger partial charge >= 0.3 is 5.97 Å². The summed E-state index contributed by atoms with van der Waals surface area (Å²) in [5.74, 6) is 1.92. The molecule has 0 saturated heterocycles. The largest absolute Gasteiger partial charge is 0.493 e. The van der Waals surface area contributed by atoms with Crippen LogP contribution in [0.1, 0.15) is 32.9 Å². The molecular formula is C27H28N2O5. The van der Waals surface area contributed by atoms with Crippen molar-refractivity contribution in [2.75, 3.05) is 14.2 Å². The van der Waals surface area contributed by atoms with Crippen molar-refractivity contribution in [3.8, 4) is 17.2 Å². The molecule has 0 aliphatic rings. The molecule has 34 heavy (non-hydrogen) atoms. The van der Waals surface area contributed by atoms with E-state index in [2.05, 4.69) is 10.6 Å². The Morgan fingerprint density at radius 1 is 0.941 bits per heavy atom. The predicted molar refractivity (Wildman–Crippen MR) is 130 cm³/mol. The summed E-state index contributed by atoms with van der Waals surface area (Å²) in [6, 6.07) is 16.9. The Bertz CT molecular complexity index is 1340. The van der Waals surface area contributed by atoms with Crippen LogP contribution < -0.4 is 14.2 Å². The summed E-state index contributed by atoms with van der Waals surface area (Å²) in [6.07, 6.45) is 0.725. The molecule has 0 fully saturated rings. The van der Waals surface area contributed by atoms with E-state index >= 15 is 0 Å². The van der Waals surface area contributed by atoms with Crippen molar-refractivity contribution in [2.24, 2.45) is 0 Å². The molecule has 0 aliphatic carbocycles. The maximum atomic E-state index is 11.5. The van der Waals surface area contributed by atoms with Crippen LogP contribution in [-0.2, 0) is 19.6 Å². The van der Waals surface area contributed by atoms with Crippen LogP contribution in [0.3, 0.4) is 0 Å². The number of rotatable bonds is 9. The number of fused-ring (bicyclic) bond motifs is 1. The Morgan fingerprint density at radius 3 is 2.41 bits per heavy atom. The molecule has 1 heterocycles. The minimum atomic E-state index is -0.977. The van der Waals surface area contributed by atoms with Crippen LogP contribution in [-0.4, -0.2) is 34.8 Å².